The van der Waals surface area contributed by atoms with E-state index >= 15 is 0 Å². The van der Waals surface area contributed by atoms with Crippen LogP contribution in [-0.2, 0) is 12.8 Å². The van der Waals surface area contributed by atoms with Crippen molar-refractivity contribution >= 4 is 11.6 Å². The predicted octanol–water partition coefficient (Wildman–Crippen LogP) is 3.19. The standard InChI is InChI=1S/C13H20ClNO/c1-3-11-8-10(6-4-5-7-15)9-12(14)13(11)16-2/h8-9H,3-7,15H2,1-2H3. The monoisotopic (exact) mass is 241 g/mol. The van der Waals surface area contributed by atoms with E-state index in [1.165, 1.54) is 11.1 Å². The van der Waals surface area contributed by atoms with E-state index in [1.807, 2.05) is 6.07 Å². The fraction of sp³-hybridized carbons (Fsp3) is 0.538. The van der Waals surface area contributed by atoms with Crippen LogP contribution in [0.25, 0.3) is 0 Å². The van der Waals surface area contributed by atoms with Crippen molar-refractivity contribution in [1.29, 1.82) is 0 Å². The molecule has 1 aromatic carbocycles. The lowest BCUT2D eigenvalue weighted by Crippen LogP contribution is -2.00. The van der Waals surface area contributed by atoms with E-state index < -0.39 is 0 Å². The van der Waals surface area contributed by atoms with E-state index in [0.29, 0.717) is 5.02 Å². The van der Waals surface area contributed by atoms with Crippen molar-refractivity contribution in [2.45, 2.75) is 32.6 Å². The Morgan fingerprint density at radius 2 is 2.06 bits per heavy atom. The Morgan fingerprint density at radius 3 is 2.62 bits per heavy atom. The average Bonchev–Trinajstić information content (AvgIpc) is 2.28. The third-order valence-corrected chi connectivity index (χ3v) is 2.97. The Labute approximate surface area is 103 Å². The van der Waals surface area contributed by atoms with Crippen LogP contribution in [0.5, 0.6) is 5.75 Å². The molecule has 0 saturated heterocycles. The normalized spacial score (nSPS) is 10.5. The van der Waals surface area contributed by atoms with Gasteiger partial charge in [0, 0.05) is 0 Å². The second-order valence-corrected chi connectivity index (χ2v) is 4.28. The summed E-state index contributed by atoms with van der Waals surface area (Å²) in [6, 6.07) is 4.18. The molecule has 0 aliphatic rings. The minimum atomic E-state index is 0.713. The van der Waals surface area contributed by atoms with Gasteiger partial charge >= 0.3 is 0 Å². The zero-order valence-corrected chi connectivity index (χ0v) is 10.8. The summed E-state index contributed by atoms with van der Waals surface area (Å²) in [7, 11) is 1.66. The minimum Gasteiger partial charge on any atom is -0.495 e. The van der Waals surface area contributed by atoms with Crippen molar-refractivity contribution in [3.63, 3.8) is 0 Å². The van der Waals surface area contributed by atoms with Crippen LogP contribution in [0, 0.1) is 0 Å². The number of hydrogen-bond donors (Lipinski definition) is 1. The zero-order valence-electron chi connectivity index (χ0n) is 10.1. The van der Waals surface area contributed by atoms with Gasteiger partial charge in [0.1, 0.15) is 5.75 Å². The SMILES string of the molecule is CCc1cc(CCCCN)cc(Cl)c1OC. The first-order valence-corrected chi connectivity index (χ1v) is 6.16. The summed E-state index contributed by atoms with van der Waals surface area (Å²) >= 11 is 6.18. The van der Waals surface area contributed by atoms with Crippen LogP contribution in [-0.4, -0.2) is 13.7 Å². The van der Waals surface area contributed by atoms with Crippen molar-refractivity contribution in [2.75, 3.05) is 13.7 Å². The molecule has 0 heterocycles. The summed E-state index contributed by atoms with van der Waals surface area (Å²) in [5, 5.41) is 0.713. The fourth-order valence-electron chi connectivity index (χ4n) is 1.82. The van der Waals surface area contributed by atoms with E-state index in [1.54, 1.807) is 7.11 Å². The molecule has 0 radical (unpaired) electrons. The lowest BCUT2D eigenvalue weighted by molar-refractivity contribution is 0.410. The van der Waals surface area contributed by atoms with Crippen LogP contribution in [0.4, 0.5) is 0 Å². The molecule has 2 nitrogen and oxygen atoms in total. The third-order valence-electron chi connectivity index (χ3n) is 2.68. The quantitative estimate of drug-likeness (QED) is 0.777. The lowest BCUT2D eigenvalue weighted by Gasteiger charge is -2.11. The molecule has 0 aliphatic carbocycles. The maximum Gasteiger partial charge on any atom is 0.140 e. The number of unbranched alkanes of at least 4 members (excludes halogenated alkanes) is 1. The molecule has 0 amide bonds. The number of halogens is 1. The van der Waals surface area contributed by atoms with Gasteiger partial charge in [-0.15, -0.1) is 0 Å². The van der Waals surface area contributed by atoms with Gasteiger partial charge in [-0.3, -0.25) is 0 Å². The minimum absolute atomic E-state index is 0.713. The summed E-state index contributed by atoms with van der Waals surface area (Å²) in [6.45, 7) is 2.86. The molecule has 0 aromatic heterocycles. The first-order valence-electron chi connectivity index (χ1n) is 5.78. The number of nitrogens with two attached hydrogens (primary N) is 1. The Morgan fingerprint density at radius 1 is 1.31 bits per heavy atom. The average molecular weight is 242 g/mol. The molecule has 0 saturated carbocycles. The third kappa shape index (κ3) is 3.39. The molecule has 0 fully saturated rings. The molecule has 2 N–H and O–H groups in total. The zero-order chi connectivity index (χ0) is 12.0. The molecule has 0 spiro atoms. The molecular formula is C13H20ClNO. The Bertz CT molecular complexity index is 339. The highest BCUT2D eigenvalue weighted by Gasteiger charge is 2.08. The second-order valence-electron chi connectivity index (χ2n) is 3.87. The van der Waals surface area contributed by atoms with Crippen molar-refractivity contribution < 1.29 is 4.74 Å². The molecule has 0 atom stereocenters. The van der Waals surface area contributed by atoms with Crippen LogP contribution in [0.15, 0.2) is 12.1 Å². The van der Waals surface area contributed by atoms with E-state index in [2.05, 4.69) is 13.0 Å². The molecular weight excluding hydrogens is 222 g/mol. The summed E-state index contributed by atoms with van der Waals surface area (Å²) in [4.78, 5) is 0. The number of ether oxygens (including phenoxy) is 1. The Balaban J connectivity index is 2.83. The van der Waals surface area contributed by atoms with Gasteiger partial charge in [-0.1, -0.05) is 24.6 Å². The highest BCUT2D eigenvalue weighted by molar-refractivity contribution is 6.32. The predicted molar refractivity (Wildman–Crippen MR) is 69.4 cm³/mol. The van der Waals surface area contributed by atoms with Crippen LogP contribution in [0.1, 0.15) is 30.9 Å². The van der Waals surface area contributed by atoms with E-state index in [0.717, 1.165) is 38.0 Å². The topological polar surface area (TPSA) is 35.2 Å². The smallest absolute Gasteiger partial charge is 0.140 e. The van der Waals surface area contributed by atoms with Gasteiger partial charge in [0.05, 0.1) is 12.1 Å². The number of hydrogen-bond acceptors (Lipinski definition) is 2. The summed E-state index contributed by atoms with van der Waals surface area (Å²) in [5.74, 6) is 0.812. The molecule has 0 aliphatic heterocycles. The van der Waals surface area contributed by atoms with Crippen LogP contribution in [0.3, 0.4) is 0 Å². The summed E-state index contributed by atoms with van der Waals surface area (Å²) < 4.78 is 5.30. The van der Waals surface area contributed by atoms with Crippen LogP contribution < -0.4 is 10.5 Å². The summed E-state index contributed by atoms with van der Waals surface area (Å²) in [5.41, 5.74) is 7.93. The van der Waals surface area contributed by atoms with Gasteiger partial charge in [0.15, 0.2) is 0 Å². The van der Waals surface area contributed by atoms with Gasteiger partial charge in [0.2, 0.25) is 0 Å². The van der Waals surface area contributed by atoms with E-state index in [9.17, 15) is 0 Å². The van der Waals surface area contributed by atoms with Gasteiger partial charge in [0.25, 0.3) is 0 Å². The van der Waals surface area contributed by atoms with Crippen molar-refractivity contribution in [3.8, 4) is 5.75 Å². The first-order chi connectivity index (χ1) is 7.72. The van der Waals surface area contributed by atoms with Gasteiger partial charge in [-0.05, 0) is 49.4 Å². The highest BCUT2D eigenvalue weighted by Crippen LogP contribution is 2.31. The molecule has 0 unspecified atom stereocenters. The number of benzene rings is 1. The van der Waals surface area contributed by atoms with Crippen molar-refractivity contribution in [3.05, 3.63) is 28.3 Å². The maximum atomic E-state index is 6.18. The molecule has 1 aromatic rings. The van der Waals surface area contributed by atoms with Gasteiger partial charge < -0.3 is 10.5 Å². The molecule has 1 rings (SSSR count). The van der Waals surface area contributed by atoms with Crippen molar-refractivity contribution in [1.82, 2.24) is 0 Å². The van der Waals surface area contributed by atoms with Gasteiger partial charge in [-0.25, -0.2) is 0 Å². The Kier molecular flexibility index (Phi) is 5.64. The van der Waals surface area contributed by atoms with E-state index in [-0.39, 0.29) is 0 Å². The molecule has 3 heteroatoms. The fourth-order valence-corrected chi connectivity index (χ4v) is 2.16. The maximum absolute atomic E-state index is 6.18. The van der Waals surface area contributed by atoms with Crippen molar-refractivity contribution in [2.24, 2.45) is 5.73 Å². The van der Waals surface area contributed by atoms with Crippen LogP contribution >= 0.6 is 11.6 Å². The molecule has 16 heavy (non-hydrogen) atoms. The first kappa shape index (κ1) is 13.3. The second kappa shape index (κ2) is 6.77. The summed E-state index contributed by atoms with van der Waals surface area (Å²) in [6.07, 6.45) is 4.15. The molecule has 0 bridgehead atoms. The molecule has 90 valence electrons. The van der Waals surface area contributed by atoms with E-state index in [4.69, 9.17) is 22.1 Å². The number of rotatable bonds is 6. The highest BCUT2D eigenvalue weighted by atomic mass is 35.5. The number of methoxy groups -OCH3 is 1. The number of aryl methyl sites for hydroxylation is 2. The lowest BCUT2D eigenvalue weighted by atomic mass is 10.0. The van der Waals surface area contributed by atoms with Crippen LogP contribution in [0.2, 0.25) is 5.02 Å². The van der Waals surface area contributed by atoms with Gasteiger partial charge in [-0.2, -0.15) is 0 Å². The largest absolute Gasteiger partial charge is 0.495 e. The Hall–Kier alpha value is -0.730.